The molecule has 0 aliphatic heterocycles. The van der Waals surface area contributed by atoms with Crippen molar-refractivity contribution in [2.45, 2.75) is 18.6 Å². The van der Waals surface area contributed by atoms with Gasteiger partial charge in [0.1, 0.15) is 5.15 Å². The summed E-state index contributed by atoms with van der Waals surface area (Å²) in [5, 5.41) is 0.736. The first-order chi connectivity index (χ1) is 8.37. The highest BCUT2D eigenvalue weighted by Crippen LogP contribution is 2.32. The summed E-state index contributed by atoms with van der Waals surface area (Å²) >= 11 is 5.87. The van der Waals surface area contributed by atoms with Gasteiger partial charge in [-0.1, -0.05) is 29.8 Å². The number of rotatable bonds is 2. The minimum Gasteiger partial charge on any atom is -0.324 e. The molecule has 2 nitrogen and oxygen atoms in total. The van der Waals surface area contributed by atoms with Gasteiger partial charge in [0.15, 0.2) is 0 Å². The predicted molar refractivity (Wildman–Crippen MR) is 71.6 cm³/mol. The molecule has 2 aromatic rings. The zero-order valence-corrected chi connectivity index (χ0v) is 11.2. The van der Waals surface area contributed by atoms with E-state index in [2.05, 4.69) is 4.98 Å². The van der Waals surface area contributed by atoms with Crippen molar-refractivity contribution in [1.82, 2.24) is 4.98 Å². The molecule has 1 atom stereocenters. The van der Waals surface area contributed by atoms with E-state index in [4.69, 9.17) is 17.3 Å². The van der Waals surface area contributed by atoms with Crippen LogP contribution in [0.15, 0.2) is 30.3 Å². The van der Waals surface area contributed by atoms with E-state index in [9.17, 15) is 13.2 Å². The number of para-hydroxylation sites is 1. The Hall–Kier alpha value is -1.04. The van der Waals surface area contributed by atoms with Crippen LogP contribution in [0, 0.1) is 0 Å². The van der Waals surface area contributed by atoms with Gasteiger partial charge in [-0.15, -0.1) is 12.4 Å². The standard InChI is InChI=1S/C12H10ClF3N2.ClH/c13-11-8(9(17)6-12(14,15)16)5-7-3-1-2-4-10(7)18-11;/h1-5,9H,6,17H2;1H/t9-;/m1./s1. The molecule has 1 aromatic carbocycles. The monoisotopic (exact) mass is 310 g/mol. The Morgan fingerprint density at radius 3 is 2.53 bits per heavy atom. The van der Waals surface area contributed by atoms with Crippen LogP contribution in [0.4, 0.5) is 13.2 Å². The fraction of sp³-hybridized carbons (Fsp3) is 0.250. The van der Waals surface area contributed by atoms with Gasteiger partial charge >= 0.3 is 6.18 Å². The van der Waals surface area contributed by atoms with Crippen LogP contribution in [0.3, 0.4) is 0 Å². The lowest BCUT2D eigenvalue weighted by molar-refractivity contribution is -0.138. The molecule has 0 fully saturated rings. The van der Waals surface area contributed by atoms with Gasteiger partial charge in [0, 0.05) is 17.0 Å². The minimum absolute atomic E-state index is 0. The molecule has 0 bridgehead atoms. The normalized spacial score (nSPS) is 13.1. The van der Waals surface area contributed by atoms with Gasteiger partial charge in [-0.3, -0.25) is 0 Å². The number of nitrogens with two attached hydrogens (primary N) is 1. The van der Waals surface area contributed by atoms with Gasteiger partial charge in [0.25, 0.3) is 0 Å². The van der Waals surface area contributed by atoms with E-state index in [-0.39, 0.29) is 23.1 Å². The summed E-state index contributed by atoms with van der Waals surface area (Å²) < 4.78 is 36.9. The SMILES string of the molecule is Cl.N[C@H](CC(F)(F)F)c1cc2ccccc2nc1Cl. The number of alkyl halides is 3. The Bertz CT molecular complexity index is 572. The van der Waals surface area contributed by atoms with Crippen LogP contribution in [0.25, 0.3) is 10.9 Å². The van der Waals surface area contributed by atoms with E-state index in [0.717, 1.165) is 5.39 Å². The number of pyridine rings is 1. The van der Waals surface area contributed by atoms with Crippen molar-refractivity contribution in [3.05, 3.63) is 41.0 Å². The van der Waals surface area contributed by atoms with Crippen molar-refractivity contribution in [2.75, 3.05) is 0 Å². The molecule has 1 aromatic heterocycles. The maximum atomic E-state index is 12.3. The van der Waals surface area contributed by atoms with Crippen LogP contribution in [-0.4, -0.2) is 11.2 Å². The van der Waals surface area contributed by atoms with E-state index in [1.165, 1.54) is 0 Å². The Balaban J connectivity index is 0.00000180. The third-order valence-corrected chi connectivity index (χ3v) is 2.86. The quantitative estimate of drug-likeness (QED) is 0.842. The Kier molecular flexibility index (Phi) is 5.01. The van der Waals surface area contributed by atoms with Gasteiger partial charge < -0.3 is 5.73 Å². The molecule has 0 amide bonds. The van der Waals surface area contributed by atoms with E-state index >= 15 is 0 Å². The van der Waals surface area contributed by atoms with Crippen LogP contribution < -0.4 is 5.73 Å². The van der Waals surface area contributed by atoms with Crippen LogP contribution in [0.5, 0.6) is 0 Å². The molecular weight excluding hydrogens is 300 g/mol. The molecule has 19 heavy (non-hydrogen) atoms. The first-order valence-corrected chi connectivity index (χ1v) is 5.62. The van der Waals surface area contributed by atoms with Crippen molar-refractivity contribution >= 4 is 34.9 Å². The lowest BCUT2D eigenvalue weighted by atomic mass is 10.0. The highest BCUT2D eigenvalue weighted by molar-refractivity contribution is 6.30. The predicted octanol–water partition coefficient (Wildman–Crippen LogP) is 4.26. The van der Waals surface area contributed by atoms with Crippen molar-refractivity contribution in [3.8, 4) is 0 Å². The second-order valence-electron chi connectivity index (χ2n) is 3.99. The van der Waals surface area contributed by atoms with Crippen LogP contribution in [0.1, 0.15) is 18.0 Å². The molecule has 0 saturated carbocycles. The lowest BCUT2D eigenvalue weighted by Gasteiger charge is -2.15. The molecular formula is C12H11Cl2F3N2. The van der Waals surface area contributed by atoms with Gasteiger partial charge in [0.05, 0.1) is 11.9 Å². The zero-order chi connectivity index (χ0) is 13.3. The fourth-order valence-electron chi connectivity index (χ4n) is 1.73. The van der Waals surface area contributed by atoms with Crippen LogP contribution in [-0.2, 0) is 0 Å². The molecule has 2 rings (SSSR count). The zero-order valence-electron chi connectivity index (χ0n) is 9.62. The average molecular weight is 311 g/mol. The smallest absolute Gasteiger partial charge is 0.324 e. The maximum absolute atomic E-state index is 12.3. The van der Waals surface area contributed by atoms with Crippen molar-refractivity contribution in [3.63, 3.8) is 0 Å². The number of halogens is 5. The van der Waals surface area contributed by atoms with Gasteiger partial charge in [-0.25, -0.2) is 4.98 Å². The second-order valence-corrected chi connectivity index (χ2v) is 4.34. The van der Waals surface area contributed by atoms with Gasteiger partial charge in [-0.2, -0.15) is 13.2 Å². The number of benzene rings is 1. The number of aromatic nitrogens is 1. The van der Waals surface area contributed by atoms with Gasteiger partial charge in [0.2, 0.25) is 0 Å². The topological polar surface area (TPSA) is 38.9 Å². The highest BCUT2D eigenvalue weighted by Gasteiger charge is 2.32. The first kappa shape index (κ1) is 16.0. The van der Waals surface area contributed by atoms with Crippen molar-refractivity contribution in [1.29, 1.82) is 0 Å². The first-order valence-electron chi connectivity index (χ1n) is 5.24. The van der Waals surface area contributed by atoms with E-state index in [1.807, 2.05) is 0 Å². The molecule has 7 heteroatoms. The van der Waals surface area contributed by atoms with E-state index in [0.29, 0.717) is 5.52 Å². The van der Waals surface area contributed by atoms with Crippen LogP contribution in [0.2, 0.25) is 5.15 Å². The molecule has 104 valence electrons. The minimum atomic E-state index is -4.33. The molecule has 0 saturated heterocycles. The number of fused-ring (bicyclic) bond motifs is 1. The summed E-state index contributed by atoms with van der Waals surface area (Å²) in [5.41, 5.74) is 6.37. The summed E-state index contributed by atoms with van der Waals surface area (Å²) in [5.74, 6) is 0. The summed E-state index contributed by atoms with van der Waals surface area (Å²) in [6.07, 6.45) is -5.44. The maximum Gasteiger partial charge on any atom is 0.390 e. The Labute approximate surface area is 119 Å². The third kappa shape index (κ3) is 3.96. The lowest BCUT2D eigenvalue weighted by Crippen LogP contribution is -2.20. The molecule has 0 unspecified atom stereocenters. The molecule has 1 heterocycles. The summed E-state index contributed by atoms with van der Waals surface area (Å²) in [4.78, 5) is 4.04. The van der Waals surface area contributed by atoms with Crippen molar-refractivity contribution in [2.24, 2.45) is 5.73 Å². The largest absolute Gasteiger partial charge is 0.390 e. The Morgan fingerprint density at radius 1 is 1.26 bits per heavy atom. The average Bonchev–Trinajstić information content (AvgIpc) is 2.25. The number of hydrogen-bond acceptors (Lipinski definition) is 2. The van der Waals surface area contributed by atoms with E-state index in [1.54, 1.807) is 30.3 Å². The number of hydrogen-bond donors (Lipinski definition) is 1. The Morgan fingerprint density at radius 2 is 1.89 bits per heavy atom. The van der Waals surface area contributed by atoms with Gasteiger partial charge in [-0.05, 0) is 12.1 Å². The summed E-state index contributed by atoms with van der Waals surface area (Å²) in [6.45, 7) is 0. The second kappa shape index (κ2) is 5.94. The third-order valence-electron chi connectivity index (χ3n) is 2.56. The van der Waals surface area contributed by atoms with E-state index < -0.39 is 18.6 Å². The molecule has 0 aliphatic carbocycles. The molecule has 0 spiro atoms. The summed E-state index contributed by atoms with van der Waals surface area (Å²) in [7, 11) is 0. The summed E-state index contributed by atoms with van der Waals surface area (Å²) in [6, 6.07) is 7.40. The molecule has 2 N–H and O–H groups in total. The highest BCUT2D eigenvalue weighted by atomic mass is 35.5. The van der Waals surface area contributed by atoms with Crippen molar-refractivity contribution < 1.29 is 13.2 Å². The van der Waals surface area contributed by atoms with Crippen LogP contribution >= 0.6 is 24.0 Å². The molecule has 0 aliphatic rings. The fourth-order valence-corrected chi connectivity index (χ4v) is 2.01. The number of nitrogens with zero attached hydrogens (tertiary/aromatic N) is 1. The molecule has 0 radical (unpaired) electrons.